The van der Waals surface area contributed by atoms with Crippen molar-refractivity contribution in [3.63, 3.8) is 0 Å². The number of unbranched alkanes of at least 4 members (excludes halogenated alkanes) is 17. The number of hydrogen-bond donors (Lipinski definition) is 0. The first-order chi connectivity index (χ1) is 69.5. The van der Waals surface area contributed by atoms with Gasteiger partial charge >= 0.3 is 0 Å². The SMILES string of the molecule is CCCCCCCC1CCC(c2cnc(-c3ccc(OCCCCC)cc3)nc2)CC1.CCCCCOc1ccc(-c2ncc(C3CCC(CC)CC3)cn2)cc1.CCCCCOc1ccc(-c2ncc(C3CCC(CCC)CC3)cn2)cc1.CCCCCOc1ccc(-c2ncc(C3CCC(CCCC)CC3)cn2)cc1.CCCCCOc1ccc(-c2ncc(C3CCC(CCCCC)CC3)cn2)cc1. The van der Waals surface area contributed by atoms with Crippen LogP contribution in [0.5, 0.6) is 28.7 Å². The van der Waals surface area contributed by atoms with Gasteiger partial charge in [-0.3, -0.25) is 0 Å². The molecule has 0 amide bonds. The molecule has 5 aliphatic rings. The molecule has 0 radical (unpaired) electrons. The second-order valence-electron chi connectivity index (χ2n) is 41.7. The Balaban J connectivity index is 0.000000169. The summed E-state index contributed by atoms with van der Waals surface area (Å²) in [7, 11) is 0. The van der Waals surface area contributed by atoms with E-state index in [0.717, 1.165) is 180 Å². The molecule has 5 aliphatic carbocycles. The summed E-state index contributed by atoms with van der Waals surface area (Å²) in [6, 6.07) is 40.8. The summed E-state index contributed by atoms with van der Waals surface area (Å²) in [6.45, 7) is 26.5. The first kappa shape index (κ1) is 112. The van der Waals surface area contributed by atoms with Crippen LogP contribution in [0.4, 0.5) is 0 Å². The van der Waals surface area contributed by atoms with Crippen LogP contribution < -0.4 is 23.7 Å². The quantitative estimate of drug-likeness (QED) is 0.0329. The summed E-state index contributed by atoms with van der Waals surface area (Å²) in [5.41, 5.74) is 11.8. The molecule has 0 N–H and O–H groups in total. The zero-order valence-electron chi connectivity index (χ0n) is 89.2. The number of nitrogens with zero attached hydrogens (tertiary/aromatic N) is 10. The van der Waals surface area contributed by atoms with Gasteiger partial charge in [0.15, 0.2) is 29.1 Å². The van der Waals surface area contributed by atoms with Gasteiger partial charge in [-0.05, 0) is 369 Å². The summed E-state index contributed by atoms with van der Waals surface area (Å²) in [5, 5.41) is 0. The lowest BCUT2D eigenvalue weighted by Gasteiger charge is -2.28. The Hall–Kier alpha value is -9.50. The van der Waals surface area contributed by atoms with Crippen LogP contribution in [0.2, 0.25) is 0 Å². The van der Waals surface area contributed by atoms with E-state index >= 15 is 0 Å². The topological polar surface area (TPSA) is 175 Å². The molecular formula is C126H182N10O5. The van der Waals surface area contributed by atoms with Gasteiger partial charge in [0.05, 0.1) is 33.0 Å². The molecule has 5 saturated carbocycles. The zero-order valence-corrected chi connectivity index (χ0v) is 89.2. The molecule has 141 heavy (non-hydrogen) atoms. The van der Waals surface area contributed by atoms with Gasteiger partial charge < -0.3 is 23.7 Å². The molecule has 5 fully saturated rings. The zero-order chi connectivity index (χ0) is 98.7. The standard InChI is InChI=1S/C28H42N2O.C26H38N2O.C25H36N2O.C24H34N2O.C23H32N2O/c1-3-5-7-8-9-11-23-12-14-24(15-13-23)26-21-29-28(30-22-26)25-16-18-27(19-17-25)31-20-10-6-4-2;1-3-5-7-9-21-10-12-22(13-11-21)24-19-27-26(28-20-24)23-14-16-25(17-15-23)29-18-8-6-4-2;1-3-5-7-17-28-24-15-13-22(14-16-24)25-26-18-23(19-27-25)21-11-9-20(10-12-21)8-6-4-2;1-3-5-6-16-27-23-14-12-21(13-15-23)24-25-17-22(18-26-24)20-10-8-19(7-4-2)9-11-20;1-3-5-6-15-26-22-13-11-20(12-14-22)23-24-16-21(17-25-23)19-9-7-18(4-2)8-10-19/h16-19,21-24H,3-15,20H2,1-2H3;14-17,19-22H,3-13,18H2,1-2H3;13-16,18-21H,3-12,17H2,1-2H3;12-15,17-20H,3-11,16H2,1-2H3;11-14,16-19H,3-10,15H2,1-2H3. The van der Waals surface area contributed by atoms with Crippen molar-refractivity contribution in [1.29, 1.82) is 0 Å². The van der Waals surface area contributed by atoms with Crippen molar-refractivity contribution in [2.45, 2.75) is 426 Å². The van der Waals surface area contributed by atoms with Crippen LogP contribution in [0.3, 0.4) is 0 Å². The van der Waals surface area contributed by atoms with Gasteiger partial charge in [-0.25, -0.2) is 49.8 Å². The van der Waals surface area contributed by atoms with Crippen molar-refractivity contribution >= 4 is 0 Å². The van der Waals surface area contributed by atoms with Crippen molar-refractivity contribution in [2.24, 2.45) is 29.6 Å². The van der Waals surface area contributed by atoms with Crippen LogP contribution in [0.1, 0.15) is 454 Å². The second-order valence-corrected chi connectivity index (χ2v) is 41.7. The molecule has 0 bridgehead atoms. The van der Waals surface area contributed by atoms with E-state index in [1.807, 2.05) is 85.5 Å². The summed E-state index contributed by atoms with van der Waals surface area (Å²) in [5.74, 6) is 16.6. The lowest BCUT2D eigenvalue weighted by Crippen LogP contribution is -2.14. The molecule has 10 aromatic rings. The Morgan fingerprint density at radius 1 is 0.177 bits per heavy atom. The molecule has 15 heteroatoms. The summed E-state index contributed by atoms with van der Waals surface area (Å²) >= 11 is 0. The Morgan fingerprint density at radius 3 is 0.560 bits per heavy atom. The molecule has 0 aliphatic heterocycles. The Kier molecular flexibility index (Phi) is 52.7. The van der Waals surface area contributed by atoms with Crippen LogP contribution in [0.15, 0.2) is 183 Å². The maximum absolute atomic E-state index is 5.81. The molecule has 5 heterocycles. The molecular weight excluding hydrogens is 1730 g/mol. The normalized spacial score (nSPS) is 19.4. The van der Waals surface area contributed by atoms with E-state index in [0.29, 0.717) is 29.6 Å². The van der Waals surface area contributed by atoms with Crippen molar-refractivity contribution < 1.29 is 23.7 Å². The Morgan fingerprint density at radius 2 is 0.355 bits per heavy atom. The second kappa shape index (κ2) is 66.4. The minimum atomic E-state index is 0.643. The maximum atomic E-state index is 5.81. The summed E-state index contributed by atoms with van der Waals surface area (Å²) < 4.78 is 28.9. The average Bonchev–Trinajstić information content (AvgIpc) is 0.847. The number of benzene rings is 5. The number of hydrogen-bond acceptors (Lipinski definition) is 15. The van der Waals surface area contributed by atoms with Crippen LogP contribution >= 0.6 is 0 Å². The minimum absolute atomic E-state index is 0.643. The lowest BCUT2D eigenvalue weighted by molar-refractivity contribution is 0.301. The highest BCUT2D eigenvalue weighted by molar-refractivity contribution is 5.60. The van der Waals surface area contributed by atoms with Crippen molar-refractivity contribution in [1.82, 2.24) is 49.8 Å². The molecule has 5 aromatic heterocycles. The van der Waals surface area contributed by atoms with Crippen molar-refractivity contribution in [2.75, 3.05) is 33.0 Å². The monoisotopic (exact) mass is 1920 g/mol. The fourth-order valence-electron chi connectivity index (χ4n) is 21.4. The predicted octanol–water partition coefficient (Wildman–Crippen LogP) is 36.3. The highest BCUT2D eigenvalue weighted by Gasteiger charge is 2.29. The van der Waals surface area contributed by atoms with Gasteiger partial charge in [-0.2, -0.15) is 0 Å². The van der Waals surface area contributed by atoms with Gasteiger partial charge in [0.25, 0.3) is 0 Å². The third-order valence-electron chi connectivity index (χ3n) is 30.8. The van der Waals surface area contributed by atoms with E-state index in [2.05, 4.69) is 217 Å². The third kappa shape index (κ3) is 40.2. The fourth-order valence-corrected chi connectivity index (χ4v) is 21.4. The lowest BCUT2D eigenvalue weighted by atomic mass is 9.77. The first-order valence-corrected chi connectivity index (χ1v) is 57.2. The van der Waals surface area contributed by atoms with Crippen LogP contribution in [-0.2, 0) is 0 Å². The molecule has 766 valence electrons. The predicted molar refractivity (Wildman–Crippen MR) is 588 cm³/mol. The highest BCUT2D eigenvalue weighted by atomic mass is 16.5. The van der Waals surface area contributed by atoms with Gasteiger partial charge in [-0.1, -0.05) is 236 Å². The van der Waals surface area contributed by atoms with Gasteiger partial charge in [0.2, 0.25) is 0 Å². The first-order valence-electron chi connectivity index (χ1n) is 57.2. The Labute approximate surface area is 853 Å². The van der Waals surface area contributed by atoms with Crippen LogP contribution in [0, 0.1) is 29.6 Å². The highest BCUT2D eigenvalue weighted by Crippen LogP contribution is 2.44. The average molecular weight is 1920 g/mol. The fraction of sp³-hybridized carbons (Fsp3) is 0.603. The van der Waals surface area contributed by atoms with Gasteiger partial charge in [0, 0.05) is 89.8 Å². The Bertz CT molecular complexity index is 4810. The summed E-state index contributed by atoms with van der Waals surface area (Å²) in [4.78, 5) is 46.6. The number of aromatic nitrogens is 10. The van der Waals surface area contributed by atoms with Crippen LogP contribution in [0.25, 0.3) is 56.9 Å². The van der Waals surface area contributed by atoms with Crippen molar-refractivity contribution in [3.05, 3.63) is 211 Å². The van der Waals surface area contributed by atoms with Gasteiger partial charge in [0.1, 0.15) is 28.7 Å². The van der Waals surface area contributed by atoms with E-state index in [1.54, 1.807) is 0 Å². The number of ether oxygens (including phenoxy) is 5. The molecule has 0 saturated heterocycles. The number of rotatable bonds is 51. The van der Waals surface area contributed by atoms with Crippen LogP contribution in [-0.4, -0.2) is 82.9 Å². The smallest absolute Gasteiger partial charge is 0.159 e. The molecule has 0 spiro atoms. The molecule has 0 unspecified atom stereocenters. The third-order valence-corrected chi connectivity index (χ3v) is 30.8. The molecule has 0 atom stereocenters. The van der Waals surface area contributed by atoms with Crippen molar-refractivity contribution in [3.8, 4) is 85.7 Å². The van der Waals surface area contributed by atoms with E-state index < -0.39 is 0 Å². The summed E-state index contributed by atoms with van der Waals surface area (Å²) in [6.07, 6.45) is 87.0. The molecule has 5 aromatic carbocycles. The largest absolute Gasteiger partial charge is 0.494 e. The van der Waals surface area contributed by atoms with E-state index in [4.69, 9.17) is 23.7 Å². The van der Waals surface area contributed by atoms with E-state index in [-0.39, 0.29) is 0 Å². The van der Waals surface area contributed by atoms with E-state index in [9.17, 15) is 0 Å². The molecule has 15 nitrogen and oxygen atoms in total. The molecule has 15 rings (SSSR count). The van der Waals surface area contributed by atoms with Gasteiger partial charge in [-0.15, -0.1) is 0 Å². The van der Waals surface area contributed by atoms with E-state index in [1.165, 1.54) is 323 Å². The maximum Gasteiger partial charge on any atom is 0.159 e. The minimum Gasteiger partial charge on any atom is -0.494 e.